The molecule has 0 radical (unpaired) electrons. The first-order valence-corrected chi connectivity index (χ1v) is 11.6. The minimum Gasteiger partial charge on any atom is -0.368 e. The third-order valence-corrected chi connectivity index (χ3v) is 6.72. The van der Waals surface area contributed by atoms with E-state index in [1.165, 1.54) is 6.92 Å². The van der Waals surface area contributed by atoms with Gasteiger partial charge in [-0.2, -0.15) is 4.98 Å². The molecule has 0 atom stereocenters. The van der Waals surface area contributed by atoms with Crippen molar-refractivity contribution in [1.29, 1.82) is 0 Å². The number of Topliss-reactive ketones (excluding diaryl/α,β-unsaturated/α-hetero) is 1. The van der Waals surface area contributed by atoms with Crippen LogP contribution in [0.25, 0.3) is 11.0 Å². The molecule has 180 valence electrons. The van der Waals surface area contributed by atoms with Gasteiger partial charge in [0.25, 0.3) is 5.56 Å². The summed E-state index contributed by atoms with van der Waals surface area (Å²) >= 11 is 0. The van der Waals surface area contributed by atoms with Crippen LogP contribution in [0, 0.1) is 6.92 Å². The summed E-state index contributed by atoms with van der Waals surface area (Å²) in [5.74, 6) is 0.799. The Morgan fingerprint density at radius 3 is 2.50 bits per heavy atom. The SMILES string of the molecule is Br.CC(=O)c1c(C)c2cnc(Nc3ccc(N4CCNCC4)cn3)nc2n(C2CCCC2)c1=O. The van der Waals surface area contributed by atoms with Crippen LogP contribution in [0.3, 0.4) is 0 Å². The van der Waals surface area contributed by atoms with Crippen molar-refractivity contribution in [3.05, 3.63) is 46.0 Å². The highest BCUT2D eigenvalue weighted by Gasteiger charge is 2.25. The van der Waals surface area contributed by atoms with E-state index in [0.717, 1.165) is 62.9 Å². The van der Waals surface area contributed by atoms with Gasteiger partial charge in [-0.25, -0.2) is 9.97 Å². The maximum absolute atomic E-state index is 13.3. The molecule has 5 rings (SSSR count). The molecule has 3 aromatic heterocycles. The van der Waals surface area contributed by atoms with Crippen LogP contribution in [0.5, 0.6) is 0 Å². The van der Waals surface area contributed by atoms with Crippen molar-refractivity contribution in [2.24, 2.45) is 0 Å². The second-order valence-electron chi connectivity index (χ2n) is 8.86. The van der Waals surface area contributed by atoms with Crippen LogP contribution >= 0.6 is 17.0 Å². The monoisotopic (exact) mass is 527 g/mol. The average molecular weight is 528 g/mol. The van der Waals surface area contributed by atoms with Crippen LogP contribution in [-0.4, -0.2) is 51.5 Å². The minimum atomic E-state index is -0.248. The highest BCUT2D eigenvalue weighted by atomic mass is 79.9. The highest BCUT2D eigenvalue weighted by Crippen LogP contribution is 2.32. The van der Waals surface area contributed by atoms with Crippen LogP contribution in [0.4, 0.5) is 17.5 Å². The average Bonchev–Trinajstić information content (AvgIpc) is 3.34. The molecule has 1 saturated heterocycles. The number of hydrogen-bond acceptors (Lipinski definition) is 8. The van der Waals surface area contributed by atoms with E-state index in [2.05, 4.69) is 25.5 Å². The van der Waals surface area contributed by atoms with E-state index < -0.39 is 0 Å². The summed E-state index contributed by atoms with van der Waals surface area (Å²) in [4.78, 5) is 41.6. The summed E-state index contributed by atoms with van der Waals surface area (Å²) in [6.45, 7) is 7.11. The molecule has 4 heterocycles. The van der Waals surface area contributed by atoms with Gasteiger partial charge in [0.05, 0.1) is 17.4 Å². The summed E-state index contributed by atoms with van der Waals surface area (Å²) in [6, 6.07) is 4.01. The fourth-order valence-electron chi connectivity index (χ4n) is 4.99. The quantitative estimate of drug-likeness (QED) is 0.485. The maximum Gasteiger partial charge on any atom is 0.263 e. The molecule has 0 spiro atoms. The summed E-state index contributed by atoms with van der Waals surface area (Å²) in [7, 11) is 0. The van der Waals surface area contributed by atoms with Gasteiger partial charge in [0.15, 0.2) is 5.78 Å². The second kappa shape index (κ2) is 10.2. The maximum atomic E-state index is 13.3. The minimum absolute atomic E-state index is 0. The zero-order valence-electron chi connectivity index (χ0n) is 19.5. The molecule has 34 heavy (non-hydrogen) atoms. The van der Waals surface area contributed by atoms with Gasteiger partial charge in [0.2, 0.25) is 5.95 Å². The van der Waals surface area contributed by atoms with Crippen LogP contribution < -0.4 is 21.1 Å². The number of aromatic nitrogens is 4. The molecule has 0 amide bonds. The van der Waals surface area contributed by atoms with Crippen LogP contribution in [0.1, 0.15) is 54.6 Å². The second-order valence-corrected chi connectivity index (χ2v) is 8.86. The number of pyridine rings is 2. The van der Waals surface area contributed by atoms with Gasteiger partial charge in [-0.1, -0.05) is 12.8 Å². The van der Waals surface area contributed by atoms with Gasteiger partial charge >= 0.3 is 0 Å². The standard InChI is InChI=1S/C24H29N7O2.BrH/c1-15-19-14-27-24(28-20-8-7-18(13-26-20)30-11-9-25-10-12-30)29-22(19)31(17-5-3-4-6-17)23(33)21(15)16(2)32;/h7-8,13-14,17,25H,3-6,9-12H2,1-2H3,(H,26,27,28,29);1H. The van der Waals surface area contributed by atoms with E-state index in [1.54, 1.807) is 17.7 Å². The smallest absolute Gasteiger partial charge is 0.263 e. The first-order valence-electron chi connectivity index (χ1n) is 11.6. The van der Waals surface area contributed by atoms with E-state index in [9.17, 15) is 9.59 Å². The molecule has 2 N–H and O–H groups in total. The molecule has 3 aromatic rings. The predicted octanol–water partition coefficient (Wildman–Crippen LogP) is 3.54. The zero-order chi connectivity index (χ0) is 22.9. The molecule has 10 heteroatoms. The normalized spacial score (nSPS) is 16.5. The lowest BCUT2D eigenvalue weighted by atomic mass is 10.0. The topological polar surface area (TPSA) is 105 Å². The fourth-order valence-corrected chi connectivity index (χ4v) is 4.99. The van der Waals surface area contributed by atoms with Crippen molar-refractivity contribution in [2.45, 2.75) is 45.6 Å². The lowest BCUT2D eigenvalue weighted by Gasteiger charge is -2.29. The number of nitrogens with zero attached hydrogens (tertiary/aromatic N) is 5. The van der Waals surface area contributed by atoms with Crippen molar-refractivity contribution in [1.82, 2.24) is 24.8 Å². The molecular weight excluding hydrogens is 498 g/mol. The van der Waals surface area contributed by atoms with Crippen molar-refractivity contribution in [3.8, 4) is 0 Å². The Bertz CT molecular complexity index is 1250. The fraction of sp³-hybridized carbons (Fsp3) is 0.458. The molecule has 1 aliphatic carbocycles. The van der Waals surface area contributed by atoms with E-state index in [0.29, 0.717) is 23.0 Å². The Balaban J connectivity index is 0.00000274. The van der Waals surface area contributed by atoms with Crippen molar-refractivity contribution < 1.29 is 4.79 Å². The van der Waals surface area contributed by atoms with Crippen molar-refractivity contribution in [2.75, 3.05) is 36.4 Å². The highest BCUT2D eigenvalue weighted by molar-refractivity contribution is 8.93. The third-order valence-electron chi connectivity index (χ3n) is 6.72. The lowest BCUT2D eigenvalue weighted by molar-refractivity contribution is 0.101. The van der Waals surface area contributed by atoms with Crippen LogP contribution in [0.2, 0.25) is 0 Å². The number of rotatable bonds is 5. The van der Waals surface area contributed by atoms with Crippen molar-refractivity contribution >= 4 is 51.3 Å². The Morgan fingerprint density at radius 1 is 1.12 bits per heavy atom. The van der Waals surface area contributed by atoms with Gasteiger partial charge in [-0.05, 0) is 44.4 Å². The molecule has 0 bridgehead atoms. The van der Waals surface area contributed by atoms with E-state index in [-0.39, 0.29) is 39.9 Å². The third kappa shape index (κ3) is 4.56. The molecule has 0 unspecified atom stereocenters. The molecule has 1 saturated carbocycles. The number of aryl methyl sites for hydroxylation is 1. The number of carbonyl (C=O) groups excluding carboxylic acids is 1. The number of nitrogens with one attached hydrogen (secondary N) is 2. The van der Waals surface area contributed by atoms with E-state index in [1.807, 2.05) is 18.3 Å². The molecule has 2 fully saturated rings. The molecule has 2 aliphatic rings. The number of piperazine rings is 1. The van der Waals surface area contributed by atoms with Gasteiger partial charge < -0.3 is 15.5 Å². The lowest BCUT2D eigenvalue weighted by Crippen LogP contribution is -2.43. The number of anilines is 3. The number of hydrogen-bond donors (Lipinski definition) is 2. The first kappa shape index (κ1) is 24.3. The zero-order valence-corrected chi connectivity index (χ0v) is 21.2. The molecule has 9 nitrogen and oxygen atoms in total. The summed E-state index contributed by atoms with van der Waals surface area (Å²) in [5, 5.41) is 7.26. The summed E-state index contributed by atoms with van der Waals surface area (Å²) in [5.41, 5.74) is 2.29. The largest absolute Gasteiger partial charge is 0.368 e. The Hall–Kier alpha value is -2.85. The summed E-state index contributed by atoms with van der Waals surface area (Å²) in [6.07, 6.45) is 7.52. The summed E-state index contributed by atoms with van der Waals surface area (Å²) < 4.78 is 1.72. The van der Waals surface area contributed by atoms with Crippen molar-refractivity contribution in [3.63, 3.8) is 0 Å². The van der Waals surface area contributed by atoms with E-state index >= 15 is 0 Å². The van der Waals surface area contributed by atoms with Crippen LogP contribution in [0.15, 0.2) is 29.3 Å². The van der Waals surface area contributed by atoms with E-state index in [4.69, 9.17) is 4.98 Å². The number of halogens is 1. The Labute approximate surface area is 208 Å². The molecule has 0 aromatic carbocycles. The number of carbonyl (C=O) groups is 1. The van der Waals surface area contributed by atoms with Crippen LogP contribution in [-0.2, 0) is 0 Å². The first-order chi connectivity index (χ1) is 16.0. The van der Waals surface area contributed by atoms with Gasteiger partial charge in [0, 0.05) is 43.8 Å². The predicted molar refractivity (Wildman–Crippen MR) is 139 cm³/mol. The molecular formula is C24H30BrN7O2. The number of ketones is 1. The van der Waals surface area contributed by atoms with Gasteiger partial charge in [0.1, 0.15) is 11.5 Å². The van der Waals surface area contributed by atoms with Gasteiger partial charge in [-0.3, -0.25) is 14.2 Å². The van der Waals surface area contributed by atoms with Gasteiger partial charge in [-0.15, -0.1) is 17.0 Å². The Kier molecular flexibility index (Phi) is 7.27. The number of fused-ring (bicyclic) bond motifs is 1. The molecule has 1 aliphatic heterocycles. The Morgan fingerprint density at radius 2 is 1.85 bits per heavy atom.